The molecule has 0 aliphatic carbocycles. The van der Waals surface area contributed by atoms with Gasteiger partial charge in [0.15, 0.2) is 0 Å². The lowest BCUT2D eigenvalue weighted by Crippen LogP contribution is -2.22. The molecule has 1 rings (SSSR count). The number of hydrogen-bond acceptors (Lipinski definition) is 7. The Balaban J connectivity index is 2.99. The molecule has 0 bridgehead atoms. The number of hydrogen-bond donors (Lipinski definition) is 1. The Morgan fingerprint density at radius 2 is 1.95 bits per heavy atom. The first kappa shape index (κ1) is 15.8. The molecular weight excluding hydrogens is 280 g/mol. The molecule has 0 saturated carbocycles. The Labute approximate surface area is 121 Å². The van der Waals surface area contributed by atoms with E-state index in [1.165, 1.54) is 23.5 Å². The summed E-state index contributed by atoms with van der Waals surface area (Å²) in [5.74, 6) is 0.487. The minimum Gasteiger partial charge on any atom is -0.368 e. The van der Waals surface area contributed by atoms with Crippen molar-refractivity contribution in [1.82, 2.24) is 9.97 Å². The molecule has 0 spiro atoms. The molecule has 0 aliphatic heterocycles. The summed E-state index contributed by atoms with van der Waals surface area (Å²) in [6, 6.07) is 2.07. The topological polar surface area (TPSA) is 92.7 Å². The van der Waals surface area contributed by atoms with Crippen molar-refractivity contribution in [1.29, 1.82) is 5.26 Å². The number of ketones is 1. The zero-order valence-corrected chi connectivity index (χ0v) is 13.0. The predicted molar refractivity (Wildman–Crippen MR) is 78.1 cm³/mol. The molecule has 1 aromatic heterocycles. The van der Waals surface area contributed by atoms with Crippen LogP contribution in [0, 0.1) is 16.7 Å². The maximum atomic E-state index is 11.9. The molecule has 0 saturated heterocycles. The number of nitrogen functional groups attached to an aromatic ring is 1. The van der Waals surface area contributed by atoms with Gasteiger partial charge in [-0.05, 0) is 6.26 Å². The van der Waals surface area contributed by atoms with Crippen molar-refractivity contribution in [2.45, 2.75) is 30.8 Å². The van der Waals surface area contributed by atoms with Gasteiger partial charge in [-0.1, -0.05) is 32.5 Å². The summed E-state index contributed by atoms with van der Waals surface area (Å²) in [5, 5.41) is 10.2. The molecule has 7 heteroatoms. The monoisotopic (exact) mass is 296 g/mol. The summed E-state index contributed by atoms with van der Waals surface area (Å²) in [7, 11) is 0. The maximum Gasteiger partial charge on any atom is 0.222 e. The van der Waals surface area contributed by atoms with E-state index >= 15 is 0 Å². The van der Waals surface area contributed by atoms with Crippen molar-refractivity contribution < 1.29 is 4.79 Å². The first-order chi connectivity index (χ1) is 8.79. The summed E-state index contributed by atoms with van der Waals surface area (Å²) in [6.07, 6.45) is 1.82. The Bertz CT molecular complexity index is 532. The molecule has 102 valence electrons. The van der Waals surface area contributed by atoms with E-state index in [0.717, 1.165) is 0 Å². The number of carbonyl (C=O) groups is 1. The van der Waals surface area contributed by atoms with Crippen LogP contribution in [0.5, 0.6) is 0 Å². The molecule has 0 amide bonds. The molecule has 0 aliphatic rings. The van der Waals surface area contributed by atoms with Gasteiger partial charge in [0.05, 0.1) is 5.75 Å². The highest BCUT2D eigenvalue weighted by atomic mass is 32.2. The van der Waals surface area contributed by atoms with Crippen molar-refractivity contribution >= 4 is 35.3 Å². The van der Waals surface area contributed by atoms with Crippen LogP contribution in [0.2, 0.25) is 0 Å². The number of thioether (sulfide) groups is 2. The number of anilines is 1. The SMILES string of the molecule is CSc1nc(N)nc(SCC(=O)C(C)(C)C)c1C#N. The van der Waals surface area contributed by atoms with Gasteiger partial charge in [-0.25, -0.2) is 9.97 Å². The van der Waals surface area contributed by atoms with Crippen LogP contribution in [-0.4, -0.2) is 27.8 Å². The summed E-state index contributed by atoms with van der Waals surface area (Å²) >= 11 is 2.57. The predicted octanol–water partition coefficient (Wildman–Crippen LogP) is 2.36. The first-order valence-electron chi connectivity index (χ1n) is 5.57. The van der Waals surface area contributed by atoms with Crippen molar-refractivity contribution in [2.24, 2.45) is 5.41 Å². The van der Waals surface area contributed by atoms with Gasteiger partial charge in [-0.2, -0.15) is 5.26 Å². The van der Waals surface area contributed by atoms with Gasteiger partial charge in [0.1, 0.15) is 27.5 Å². The smallest absolute Gasteiger partial charge is 0.222 e. The lowest BCUT2D eigenvalue weighted by molar-refractivity contribution is -0.123. The third-order valence-corrected chi connectivity index (χ3v) is 4.00. The van der Waals surface area contributed by atoms with E-state index in [2.05, 4.69) is 16.0 Å². The number of nitrogens with zero attached hydrogens (tertiary/aromatic N) is 3. The molecule has 2 N–H and O–H groups in total. The van der Waals surface area contributed by atoms with E-state index in [4.69, 9.17) is 11.0 Å². The number of nitriles is 1. The fraction of sp³-hybridized carbons (Fsp3) is 0.500. The van der Waals surface area contributed by atoms with Gasteiger partial charge < -0.3 is 5.73 Å². The molecule has 0 unspecified atom stereocenters. The Morgan fingerprint density at radius 3 is 2.42 bits per heavy atom. The van der Waals surface area contributed by atoms with Crippen molar-refractivity contribution in [3.63, 3.8) is 0 Å². The van der Waals surface area contributed by atoms with E-state index in [-0.39, 0.29) is 17.5 Å². The van der Waals surface area contributed by atoms with Crippen LogP contribution in [0.15, 0.2) is 10.1 Å². The van der Waals surface area contributed by atoms with Gasteiger partial charge in [0, 0.05) is 5.41 Å². The lowest BCUT2D eigenvalue weighted by Gasteiger charge is -2.16. The Morgan fingerprint density at radius 1 is 1.37 bits per heavy atom. The molecule has 0 atom stereocenters. The highest BCUT2D eigenvalue weighted by Gasteiger charge is 2.22. The molecular formula is C12H16N4OS2. The average Bonchev–Trinajstić information content (AvgIpc) is 2.33. The zero-order valence-electron chi connectivity index (χ0n) is 11.4. The standard InChI is InChI=1S/C12H16N4OS2/c1-12(2,3)8(17)6-19-10-7(5-13)9(18-4)15-11(14)16-10/h6H2,1-4H3,(H2,14,15,16). The van der Waals surface area contributed by atoms with Crippen LogP contribution in [0.25, 0.3) is 0 Å². The third-order valence-electron chi connectivity index (χ3n) is 2.34. The summed E-state index contributed by atoms with van der Waals surface area (Å²) in [6.45, 7) is 5.59. The van der Waals surface area contributed by atoms with E-state index in [0.29, 0.717) is 15.6 Å². The normalized spacial score (nSPS) is 11.1. The second-order valence-corrected chi connectivity index (χ2v) is 6.60. The highest BCUT2D eigenvalue weighted by Crippen LogP contribution is 2.29. The Kier molecular flexibility index (Phi) is 5.20. The lowest BCUT2D eigenvalue weighted by atomic mass is 9.92. The van der Waals surface area contributed by atoms with E-state index in [1.807, 2.05) is 27.0 Å². The first-order valence-corrected chi connectivity index (χ1v) is 7.78. The molecule has 0 radical (unpaired) electrons. The van der Waals surface area contributed by atoms with Crippen LogP contribution in [0.3, 0.4) is 0 Å². The van der Waals surface area contributed by atoms with Gasteiger partial charge >= 0.3 is 0 Å². The van der Waals surface area contributed by atoms with E-state index in [9.17, 15) is 4.79 Å². The van der Waals surface area contributed by atoms with E-state index in [1.54, 1.807) is 0 Å². The number of carbonyl (C=O) groups excluding carboxylic acids is 1. The van der Waals surface area contributed by atoms with Crippen molar-refractivity contribution in [3.8, 4) is 6.07 Å². The summed E-state index contributed by atoms with van der Waals surface area (Å²) < 4.78 is 0. The van der Waals surface area contributed by atoms with Crippen LogP contribution < -0.4 is 5.73 Å². The number of rotatable bonds is 4. The molecule has 19 heavy (non-hydrogen) atoms. The minimum absolute atomic E-state index is 0.101. The second-order valence-electron chi connectivity index (χ2n) is 4.84. The van der Waals surface area contributed by atoms with Crippen LogP contribution in [0.1, 0.15) is 26.3 Å². The highest BCUT2D eigenvalue weighted by molar-refractivity contribution is 8.00. The number of Topliss-reactive ketones (excluding diaryl/α,β-unsaturated/α-hetero) is 1. The third kappa shape index (κ3) is 4.11. The van der Waals surface area contributed by atoms with Crippen molar-refractivity contribution in [3.05, 3.63) is 5.56 Å². The van der Waals surface area contributed by atoms with Crippen LogP contribution in [-0.2, 0) is 4.79 Å². The second kappa shape index (κ2) is 6.26. The van der Waals surface area contributed by atoms with Crippen molar-refractivity contribution in [2.75, 3.05) is 17.7 Å². The largest absolute Gasteiger partial charge is 0.368 e. The fourth-order valence-electron chi connectivity index (χ4n) is 1.13. The molecule has 0 fully saturated rings. The molecule has 5 nitrogen and oxygen atoms in total. The van der Waals surface area contributed by atoms with Gasteiger partial charge in [-0.15, -0.1) is 11.8 Å². The van der Waals surface area contributed by atoms with Gasteiger partial charge in [-0.3, -0.25) is 4.79 Å². The van der Waals surface area contributed by atoms with Gasteiger partial charge in [0.2, 0.25) is 5.95 Å². The zero-order chi connectivity index (χ0) is 14.6. The quantitative estimate of drug-likeness (QED) is 0.673. The summed E-state index contributed by atoms with van der Waals surface area (Å²) in [5.41, 5.74) is 5.59. The number of nitrogens with two attached hydrogens (primary N) is 1. The van der Waals surface area contributed by atoms with Crippen LogP contribution in [0.4, 0.5) is 5.95 Å². The molecule has 1 heterocycles. The fourth-order valence-corrected chi connectivity index (χ4v) is 2.88. The van der Waals surface area contributed by atoms with E-state index < -0.39 is 5.41 Å². The number of aromatic nitrogens is 2. The molecule has 0 aromatic carbocycles. The minimum atomic E-state index is -0.402. The maximum absolute atomic E-state index is 11.9. The summed E-state index contributed by atoms with van der Waals surface area (Å²) in [4.78, 5) is 19.9. The van der Waals surface area contributed by atoms with Crippen LogP contribution >= 0.6 is 23.5 Å². The Hall–Kier alpha value is -1.26. The molecule has 1 aromatic rings. The van der Waals surface area contributed by atoms with Gasteiger partial charge in [0.25, 0.3) is 0 Å². The average molecular weight is 296 g/mol.